The third-order valence-electron chi connectivity index (χ3n) is 5.28. The molecule has 1 aliphatic rings. The number of benzene rings is 2. The lowest BCUT2D eigenvalue weighted by Gasteiger charge is -2.41. The van der Waals surface area contributed by atoms with Crippen LogP contribution in [0.3, 0.4) is 0 Å². The second kappa shape index (κ2) is 10.4. The van der Waals surface area contributed by atoms with Gasteiger partial charge >= 0.3 is 5.97 Å². The molecule has 33 heavy (non-hydrogen) atoms. The van der Waals surface area contributed by atoms with E-state index in [-0.39, 0.29) is 22.8 Å². The summed E-state index contributed by atoms with van der Waals surface area (Å²) in [5.74, 6) is -0.0268. The van der Waals surface area contributed by atoms with E-state index in [0.29, 0.717) is 11.3 Å². The van der Waals surface area contributed by atoms with Gasteiger partial charge in [-0.05, 0) is 43.2 Å². The van der Waals surface area contributed by atoms with Crippen LogP contribution in [0, 0.1) is 13.8 Å². The van der Waals surface area contributed by atoms with Crippen LogP contribution < -0.4 is 9.47 Å². The highest BCUT2D eigenvalue weighted by Gasteiger charge is 2.45. The van der Waals surface area contributed by atoms with E-state index in [4.69, 9.17) is 18.9 Å². The van der Waals surface area contributed by atoms with Crippen LogP contribution in [0.1, 0.15) is 21.5 Å². The molecular formula is C23H28O10. The SMILES string of the molecule is COC(=O)c1c(C)cc(Oc2cc(C)cc(O[C@@H]3O[C@H](CO)[C@@H](OC)[C@H](O)[C@H]3O)c2)cc1O. The van der Waals surface area contributed by atoms with Crippen molar-refractivity contribution < 1.29 is 48.9 Å². The number of rotatable bonds is 7. The summed E-state index contributed by atoms with van der Waals surface area (Å²) in [6, 6.07) is 7.80. The van der Waals surface area contributed by atoms with Gasteiger partial charge in [0.1, 0.15) is 53.0 Å². The van der Waals surface area contributed by atoms with Crippen molar-refractivity contribution in [2.24, 2.45) is 0 Å². The van der Waals surface area contributed by atoms with Gasteiger partial charge in [-0.3, -0.25) is 0 Å². The largest absolute Gasteiger partial charge is 0.507 e. The number of aromatic hydroxyl groups is 1. The average molecular weight is 464 g/mol. The Kier molecular flexibility index (Phi) is 7.77. The van der Waals surface area contributed by atoms with Gasteiger partial charge in [0.05, 0.1) is 13.7 Å². The van der Waals surface area contributed by atoms with Crippen LogP contribution in [0.15, 0.2) is 30.3 Å². The molecule has 5 atom stereocenters. The molecule has 3 rings (SSSR count). The van der Waals surface area contributed by atoms with Gasteiger partial charge in [-0.2, -0.15) is 0 Å². The van der Waals surface area contributed by atoms with Crippen molar-refractivity contribution in [2.75, 3.05) is 20.8 Å². The zero-order chi connectivity index (χ0) is 24.3. The number of aryl methyl sites for hydroxylation is 2. The Bertz CT molecular complexity index is 966. The lowest BCUT2D eigenvalue weighted by Crippen LogP contribution is -2.60. The maximum atomic E-state index is 11.8. The number of hydrogen-bond acceptors (Lipinski definition) is 10. The first-order valence-electron chi connectivity index (χ1n) is 10.2. The fourth-order valence-corrected chi connectivity index (χ4v) is 3.71. The number of phenols is 1. The monoisotopic (exact) mass is 464 g/mol. The highest BCUT2D eigenvalue weighted by molar-refractivity contribution is 5.94. The maximum Gasteiger partial charge on any atom is 0.341 e. The lowest BCUT2D eigenvalue weighted by atomic mass is 9.99. The number of ether oxygens (including phenoxy) is 5. The molecule has 1 saturated heterocycles. The topological polar surface area (TPSA) is 144 Å². The fourth-order valence-electron chi connectivity index (χ4n) is 3.71. The Morgan fingerprint density at radius 3 is 2.27 bits per heavy atom. The van der Waals surface area contributed by atoms with Crippen molar-refractivity contribution in [3.63, 3.8) is 0 Å². The van der Waals surface area contributed by atoms with Crippen LogP contribution in [-0.2, 0) is 14.2 Å². The van der Waals surface area contributed by atoms with Crippen LogP contribution in [0.2, 0.25) is 0 Å². The zero-order valence-electron chi connectivity index (χ0n) is 18.7. The normalized spacial score (nSPS) is 24.9. The quantitative estimate of drug-likeness (QED) is 0.444. The Balaban J connectivity index is 1.81. The predicted molar refractivity (Wildman–Crippen MR) is 115 cm³/mol. The van der Waals surface area contributed by atoms with Gasteiger partial charge in [-0.1, -0.05) is 0 Å². The van der Waals surface area contributed by atoms with E-state index in [1.807, 2.05) is 0 Å². The number of esters is 1. The molecule has 0 bridgehead atoms. The first kappa shape index (κ1) is 24.7. The van der Waals surface area contributed by atoms with Crippen LogP contribution in [0.5, 0.6) is 23.0 Å². The van der Waals surface area contributed by atoms with Gasteiger partial charge in [0.25, 0.3) is 0 Å². The van der Waals surface area contributed by atoms with E-state index in [1.165, 1.54) is 26.4 Å². The average Bonchev–Trinajstić information content (AvgIpc) is 2.75. The van der Waals surface area contributed by atoms with Crippen molar-refractivity contribution in [1.82, 2.24) is 0 Å². The highest BCUT2D eigenvalue weighted by Crippen LogP contribution is 2.34. The van der Waals surface area contributed by atoms with Crippen molar-refractivity contribution in [2.45, 2.75) is 44.6 Å². The molecule has 180 valence electrons. The number of hydrogen-bond donors (Lipinski definition) is 4. The minimum atomic E-state index is -1.42. The first-order valence-corrected chi connectivity index (χ1v) is 10.2. The molecule has 0 unspecified atom stereocenters. The van der Waals surface area contributed by atoms with Crippen molar-refractivity contribution in [3.05, 3.63) is 47.0 Å². The molecule has 4 N–H and O–H groups in total. The highest BCUT2D eigenvalue weighted by atomic mass is 16.7. The molecule has 10 nitrogen and oxygen atoms in total. The summed E-state index contributed by atoms with van der Waals surface area (Å²) in [5.41, 5.74) is 1.28. The Labute approximate surface area is 190 Å². The molecule has 0 aliphatic carbocycles. The lowest BCUT2D eigenvalue weighted by molar-refractivity contribution is -0.281. The molecule has 0 aromatic heterocycles. The molecule has 1 fully saturated rings. The minimum absolute atomic E-state index is 0.0490. The molecule has 0 spiro atoms. The van der Waals surface area contributed by atoms with Crippen molar-refractivity contribution >= 4 is 5.97 Å². The number of carbonyl (C=O) groups is 1. The second-order valence-electron chi connectivity index (χ2n) is 7.73. The summed E-state index contributed by atoms with van der Waals surface area (Å²) in [7, 11) is 2.57. The number of carbonyl (C=O) groups excluding carboxylic acids is 1. The summed E-state index contributed by atoms with van der Waals surface area (Å²) < 4.78 is 26.9. The summed E-state index contributed by atoms with van der Waals surface area (Å²) in [4.78, 5) is 11.8. The molecule has 1 aliphatic heterocycles. The fraction of sp³-hybridized carbons (Fsp3) is 0.435. The van der Waals surface area contributed by atoms with E-state index in [2.05, 4.69) is 4.74 Å². The van der Waals surface area contributed by atoms with Crippen molar-refractivity contribution in [1.29, 1.82) is 0 Å². The van der Waals surface area contributed by atoms with Crippen LogP contribution in [-0.4, -0.2) is 77.9 Å². The smallest absolute Gasteiger partial charge is 0.341 e. The van der Waals surface area contributed by atoms with E-state index in [0.717, 1.165) is 5.56 Å². The van der Waals surface area contributed by atoms with Gasteiger partial charge in [0.2, 0.25) is 6.29 Å². The summed E-state index contributed by atoms with van der Waals surface area (Å²) in [6.45, 7) is 3.00. The molecule has 10 heteroatoms. The van der Waals surface area contributed by atoms with E-state index < -0.39 is 43.3 Å². The molecule has 1 heterocycles. The zero-order valence-corrected chi connectivity index (χ0v) is 18.7. The number of methoxy groups -OCH3 is 2. The number of phenolic OH excluding ortho intramolecular Hbond substituents is 1. The predicted octanol–water partition coefficient (Wildman–Crippen LogP) is 1.42. The Morgan fingerprint density at radius 2 is 1.67 bits per heavy atom. The van der Waals surface area contributed by atoms with Gasteiger partial charge in [-0.25, -0.2) is 4.79 Å². The van der Waals surface area contributed by atoms with Crippen LogP contribution in [0.4, 0.5) is 0 Å². The standard InChI is InChI=1S/C23H28O10/c1-11-5-13(31-15-7-12(2)18(16(25)9-15)22(28)30-4)8-14(6-11)32-23-20(27)19(26)21(29-3)17(10-24)33-23/h5-9,17,19-21,23-27H,10H2,1-4H3/t17-,19-,20-,21-,23-/m1/s1. The summed E-state index contributed by atoms with van der Waals surface area (Å²) >= 11 is 0. The molecule has 0 radical (unpaired) electrons. The van der Waals surface area contributed by atoms with E-state index in [9.17, 15) is 25.2 Å². The van der Waals surface area contributed by atoms with Gasteiger partial charge in [0.15, 0.2) is 0 Å². The minimum Gasteiger partial charge on any atom is -0.507 e. The Morgan fingerprint density at radius 1 is 1.00 bits per heavy atom. The molecule has 2 aromatic rings. The third kappa shape index (κ3) is 5.37. The van der Waals surface area contributed by atoms with Crippen LogP contribution in [0.25, 0.3) is 0 Å². The molecule has 0 amide bonds. The van der Waals surface area contributed by atoms with Gasteiger partial charge in [-0.15, -0.1) is 0 Å². The summed E-state index contributed by atoms with van der Waals surface area (Å²) in [5, 5.41) is 40.4. The van der Waals surface area contributed by atoms with E-state index >= 15 is 0 Å². The van der Waals surface area contributed by atoms with Crippen molar-refractivity contribution in [3.8, 4) is 23.0 Å². The molecular weight excluding hydrogens is 436 g/mol. The molecule has 2 aromatic carbocycles. The van der Waals surface area contributed by atoms with Crippen LogP contribution >= 0.6 is 0 Å². The third-order valence-corrected chi connectivity index (χ3v) is 5.28. The number of aliphatic hydroxyl groups excluding tert-OH is 3. The maximum absolute atomic E-state index is 11.8. The number of aliphatic hydroxyl groups is 3. The first-order chi connectivity index (χ1) is 15.7. The van der Waals surface area contributed by atoms with Gasteiger partial charge < -0.3 is 44.1 Å². The Hall–Kier alpha value is -2.89. The molecule has 0 saturated carbocycles. The van der Waals surface area contributed by atoms with E-state index in [1.54, 1.807) is 32.0 Å². The van der Waals surface area contributed by atoms with Gasteiger partial charge in [0, 0.05) is 19.2 Å². The second-order valence-corrected chi connectivity index (χ2v) is 7.73. The summed E-state index contributed by atoms with van der Waals surface area (Å²) in [6.07, 6.45) is -5.81.